The van der Waals surface area contributed by atoms with Crippen molar-refractivity contribution in [2.45, 2.75) is 51.4 Å². The van der Waals surface area contributed by atoms with Crippen molar-refractivity contribution in [3.05, 3.63) is 35.4 Å². The lowest BCUT2D eigenvalue weighted by Gasteiger charge is -2.34. The number of benzene rings is 1. The number of alkyl halides is 1. The Kier molecular flexibility index (Phi) is 5.09. The van der Waals surface area contributed by atoms with Gasteiger partial charge in [0.15, 0.2) is 0 Å². The number of likely N-dealkylation sites (tertiary alicyclic amines) is 1. The highest BCUT2D eigenvalue weighted by atomic mass is 19.1. The molecular weight excluding hydrogens is 329 g/mol. The minimum atomic E-state index is -0.652. The first-order valence-electron chi connectivity index (χ1n) is 9.78. The smallest absolute Gasteiger partial charge is 0.133 e. The van der Waals surface area contributed by atoms with E-state index in [4.69, 9.17) is 4.98 Å². The number of aliphatic hydroxyl groups excluding tert-OH is 1. The fourth-order valence-electron chi connectivity index (χ4n) is 4.17. The summed E-state index contributed by atoms with van der Waals surface area (Å²) in [7, 11) is 0. The van der Waals surface area contributed by atoms with Crippen molar-refractivity contribution in [2.24, 2.45) is 0 Å². The Morgan fingerprint density at radius 2 is 1.96 bits per heavy atom. The molecule has 0 amide bonds. The molecule has 4 nitrogen and oxygen atoms in total. The van der Waals surface area contributed by atoms with Crippen molar-refractivity contribution in [1.29, 1.82) is 0 Å². The molecule has 0 bridgehead atoms. The van der Waals surface area contributed by atoms with Gasteiger partial charge >= 0.3 is 0 Å². The summed E-state index contributed by atoms with van der Waals surface area (Å²) >= 11 is 0. The number of rotatable bonds is 3. The van der Waals surface area contributed by atoms with Gasteiger partial charge in [-0.2, -0.15) is 0 Å². The Bertz CT molecular complexity index is 773. The second-order valence-electron chi connectivity index (χ2n) is 7.86. The van der Waals surface area contributed by atoms with Crippen molar-refractivity contribution in [3.8, 4) is 0 Å². The van der Waals surface area contributed by atoms with Crippen LogP contribution in [0.1, 0.15) is 36.8 Å². The van der Waals surface area contributed by atoms with Crippen molar-refractivity contribution in [1.82, 2.24) is 9.88 Å². The zero-order valence-corrected chi connectivity index (χ0v) is 15.5. The molecule has 2 saturated heterocycles. The van der Waals surface area contributed by atoms with Gasteiger partial charge in [-0.1, -0.05) is 11.6 Å². The van der Waals surface area contributed by atoms with E-state index < -0.39 is 6.17 Å². The maximum Gasteiger partial charge on any atom is 0.133 e. The molecule has 4 rings (SSSR count). The molecule has 2 aliphatic rings. The van der Waals surface area contributed by atoms with E-state index in [-0.39, 0.29) is 6.10 Å². The summed E-state index contributed by atoms with van der Waals surface area (Å²) < 4.78 is 13.5. The molecule has 2 fully saturated rings. The molecule has 2 aromatic rings. The Morgan fingerprint density at radius 3 is 2.73 bits per heavy atom. The average Bonchev–Trinajstić information content (AvgIpc) is 2.63. The number of hydrogen-bond donors (Lipinski definition) is 1. The number of nitrogens with zero attached hydrogens (tertiary/aromatic N) is 3. The number of hydrogen-bond acceptors (Lipinski definition) is 4. The molecule has 0 aliphatic carbocycles. The van der Waals surface area contributed by atoms with Gasteiger partial charge in [0, 0.05) is 43.7 Å². The predicted octanol–water partition coefficient (Wildman–Crippen LogP) is 3.44. The number of anilines is 1. The lowest BCUT2D eigenvalue weighted by molar-refractivity contribution is 0.144. The normalized spacial score (nSPS) is 22.9. The summed E-state index contributed by atoms with van der Waals surface area (Å²) in [5.74, 6) is 0.988. The number of halogens is 1. The summed E-state index contributed by atoms with van der Waals surface area (Å²) in [4.78, 5) is 9.53. The first-order chi connectivity index (χ1) is 12.6. The molecule has 1 unspecified atom stereocenters. The van der Waals surface area contributed by atoms with Crippen molar-refractivity contribution in [3.63, 3.8) is 0 Å². The maximum absolute atomic E-state index is 13.5. The number of pyridine rings is 1. The van der Waals surface area contributed by atoms with Crippen LogP contribution in [0.15, 0.2) is 24.3 Å². The number of aromatic nitrogens is 1. The van der Waals surface area contributed by atoms with Crippen LogP contribution >= 0.6 is 0 Å². The molecule has 2 aliphatic heterocycles. The van der Waals surface area contributed by atoms with Crippen LogP contribution in [-0.4, -0.2) is 53.4 Å². The quantitative estimate of drug-likeness (QED) is 0.913. The van der Waals surface area contributed by atoms with E-state index in [0.29, 0.717) is 19.4 Å². The van der Waals surface area contributed by atoms with Gasteiger partial charge in [-0.3, -0.25) is 4.90 Å². The summed E-state index contributed by atoms with van der Waals surface area (Å²) in [6.07, 6.45) is 2.16. The van der Waals surface area contributed by atoms with E-state index in [1.165, 1.54) is 11.1 Å². The Morgan fingerprint density at radius 1 is 1.15 bits per heavy atom. The molecule has 1 atom stereocenters. The molecule has 140 valence electrons. The second kappa shape index (κ2) is 7.49. The number of aliphatic hydroxyl groups is 1. The minimum Gasteiger partial charge on any atom is -0.391 e. The van der Waals surface area contributed by atoms with Crippen molar-refractivity contribution >= 4 is 16.7 Å². The standard InChI is InChI=1S/C21H28FN3O/c1-15-4-5-20-16(11-15)12-17(13-24-9-6-18(22)7-10-24)21(23-20)25-8-2-3-19(26)14-25/h4-5,11-12,18-19,26H,2-3,6-10,13-14H2,1H3. The van der Waals surface area contributed by atoms with Crippen LogP contribution in [0.5, 0.6) is 0 Å². The van der Waals surface area contributed by atoms with E-state index in [0.717, 1.165) is 55.7 Å². The summed E-state index contributed by atoms with van der Waals surface area (Å²) in [6.45, 7) is 6.07. The number of β-amino-alcohol motifs (C(OH)–C–C–N with tert-alkyl or cyclic N) is 1. The molecule has 1 aromatic heterocycles. The monoisotopic (exact) mass is 357 g/mol. The third kappa shape index (κ3) is 3.84. The summed E-state index contributed by atoms with van der Waals surface area (Å²) in [5.41, 5.74) is 3.41. The van der Waals surface area contributed by atoms with E-state index in [1.807, 2.05) is 0 Å². The fourth-order valence-corrected chi connectivity index (χ4v) is 4.17. The molecule has 1 N–H and O–H groups in total. The molecule has 0 saturated carbocycles. The van der Waals surface area contributed by atoms with Gasteiger partial charge in [-0.25, -0.2) is 9.37 Å². The van der Waals surface area contributed by atoms with Crippen LogP contribution in [0, 0.1) is 6.92 Å². The number of aryl methyl sites for hydroxylation is 1. The van der Waals surface area contributed by atoms with Gasteiger partial charge in [0.1, 0.15) is 12.0 Å². The van der Waals surface area contributed by atoms with E-state index in [9.17, 15) is 9.50 Å². The highest BCUT2D eigenvalue weighted by Gasteiger charge is 2.24. The first kappa shape index (κ1) is 17.7. The minimum absolute atomic E-state index is 0.283. The number of piperidine rings is 2. The molecule has 0 spiro atoms. The molecule has 3 heterocycles. The van der Waals surface area contributed by atoms with Crippen LogP contribution in [0.3, 0.4) is 0 Å². The van der Waals surface area contributed by atoms with Crippen LogP contribution in [0.4, 0.5) is 10.2 Å². The first-order valence-corrected chi connectivity index (χ1v) is 9.78. The fraction of sp³-hybridized carbons (Fsp3) is 0.571. The van der Waals surface area contributed by atoms with Gasteiger partial charge in [0.25, 0.3) is 0 Å². The van der Waals surface area contributed by atoms with Gasteiger partial charge in [0.05, 0.1) is 11.6 Å². The van der Waals surface area contributed by atoms with Gasteiger partial charge in [0.2, 0.25) is 0 Å². The Balaban J connectivity index is 1.68. The highest BCUT2D eigenvalue weighted by Crippen LogP contribution is 2.29. The molecule has 1 aromatic carbocycles. The van der Waals surface area contributed by atoms with Crippen LogP contribution < -0.4 is 4.90 Å². The average molecular weight is 357 g/mol. The van der Waals surface area contributed by atoms with Crippen LogP contribution in [0.25, 0.3) is 10.9 Å². The summed E-state index contributed by atoms with van der Waals surface area (Å²) in [6, 6.07) is 8.59. The Hall–Kier alpha value is -1.72. The Labute approximate surface area is 154 Å². The van der Waals surface area contributed by atoms with Crippen LogP contribution in [-0.2, 0) is 6.54 Å². The molecule has 26 heavy (non-hydrogen) atoms. The van der Waals surface area contributed by atoms with Crippen LogP contribution in [0.2, 0.25) is 0 Å². The van der Waals surface area contributed by atoms with Crippen molar-refractivity contribution in [2.75, 3.05) is 31.1 Å². The lowest BCUT2D eigenvalue weighted by Crippen LogP contribution is -2.40. The van der Waals surface area contributed by atoms with E-state index in [2.05, 4.69) is 41.0 Å². The third-order valence-electron chi connectivity index (χ3n) is 5.63. The molecule has 0 radical (unpaired) electrons. The van der Waals surface area contributed by atoms with Gasteiger partial charge in [-0.15, -0.1) is 0 Å². The largest absolute Gasteiger partial charge is 0.391 e. The predicted molar refractivity (Wildman–Crippen MR) is 103 cm³/mol. The van der Waals surface area contributed by atoms with E-state index in [1.54, 1.807) is 0 Å². The SMILES string of the molecule is Cc1ccc2nc(N3CCCC(O)C3)c(CN3CCC(F)CC3)cc2c1. The number of fused-ring (bicyclic) bond motifs is 1. The zero-order valence-electron chi connectivity index (χ0n) is 15.5. The van der Waals surface area contributed by atoms with E-state index >= 15 is 0 Å². The maximum atomic E-state index is 13.5. The molecular formula is C21H28FN3O. The van der Waals surface area contributed by atoms with Crippen molar-refractivity contribution < 1.29 is 9.50 Å². The van der Waals surface area contributed by atoms with Gasteiger partial charge < -0.3 is 10.0 Å². The highest BCUT2D eigenvalue weighted by molar-refractivity contribution is 5.82. The molecule has 5 heteroatoms. The summed E-state index contributed by atoms with van der Waals surface area (Å²) in [5, 5.41) is 11.3. The zero-order chi connectivity index (χ0) is 18.1. The topological polar surface area (TPSA) is 39.6 Å². The lowest BCUT2D eigenvalue weighted by atomic mass is 10.0. The second-order valence-corrected chi connectivity index (χ2v) is 7.86. The third-order valence-corrected chi connectivity index (χ3v) is 5.63. The van der Waals surface area contributed by atoms with Gasteiger partial charge in [-0.05, 0) is 50.8 Å².